The maximum absolute atomic E-state index is 12.7. The van der Waals surface area contributed by atoms with E-state index in [4.69, 9.17) is 9.47 Å². The fourth-order valence-corrected chi connectivity index (χ4v) is 4.04. The summed E-state index contributed by atoms with van der Waals surface area (Å²) >= 11 is 0. The summed E-state index contributed by atoms with van der Waals surface area (Å²) in [5.74, 6) is 2.79. The summed E-state index contributed by atoms with van der Waals surface area (Å²) in [7, 11) is 1.70. The molecule has 156 valence electrons. The van der Waals surface area contributed by atoms with Crippen LogP contribution in [0.1, 0.15) is 43.7 Å². The second kappa shape index (κ2) is 10.9. The zero-order valence-corrected chi connectivity index (χ0v) is 17.7. The number of aryl methyl sites for hydroxylation is 2. The first-order chi connectivity index (χ1) is 14.2. The summed E-state index contributed by atoms with van der Waals surface area (Å²) in [5.41, 5.74) is 2.48. The Hall–Kier alpha value is -2.49. The van der Waals surface area contributed by atoms with Gasteiger partial charge in [-0.05, 0) is 74.3 Å². The Balaban J connectivity index is 1.40. The molecule has 0 atom stereocenters. The number of carbonyl (C=O) groups is 1. The van der Waals surface area contributed by atoms with Gasteiger partial charge in [-0.3, -0.25) is 4.79 Å². The molecule has 1 fully saturated rings. The first-order valence-electron chi connectivity index (χ1n) is 10.8. The molecular weight excluding hydrogens is 362 g/mol. The second-order valence-electron chi connectivity index (χ2n) is 7.75. The molecule has 2 aromatic rings. The van der Waals surface area contributed by atoms with E-state index < -0.39 is 0 Å². The van der Waals surface area contributed by atoms with E-state index >= 15 is 0 Å². The third kappa shape index (κ3) is 6.25. The Morgan fingerprint density at radius 3 is 2.45 bits per heavy atom. The van der Waals surface area contributed by atoms with Crippen molar-refractivity contribution in [2.75, 3.05) is 26.8 Å². The van der Waals surface area contributed by atoms with Crippen LogP contribution in [0.15, 0.2) is 48.5 Å². The number of methoxy groups -OCH3 is 1. The quantitative estimate of drug-likeness (QED) is 0.606. The van der Waals surface area contributed by atoms with Crippen LogP contribution in [-0.4, -0.2) is 37.6 Å². The van der Waals surface area contributed by atoms with Crippen LogP contribution in [0.25, 0.3) is 0 Å². The van der Waals surface area contributed by atoms with Crippen LogP contribution in [-0.2, 0) is 17.6 Å². The minimum atomic E-state index is 0.268. The Kier molecular flexibility index (Phi) is 7.97. The van der Waals surface area contributed by atoms with Gasteiger partial charge in [0, 0.05) is 19.5 Å². The maximum atomic E-state index is 12.7. The highest BCUT2D eigenvalue weighted by Gasteiger charge is 2.22. The SMILES string of the molecule is CCOc1ccccc1CCC(=O)N1CCC(CCc2ccc(OC)cc2)CC1. The molecule has 0 aliphatic carbocycles. The minimum Gasteiger partial charge on any atom is -0.497 e. The van der Waals surface area contributed by atoms with Crippen LogP contribution < -0.4 is 9.47 Å². The number of amides is 1. The van der Waals surface area contributed by atoms with Gasteiger partial charge in [-0.25, -0.2) is 0 Å². The maximum Gasteiger partial charge on any atom is 0.222 e. The number of para-hydroxylation sites is 1. The topological polar surface area (TPSA) is 38.8 Å². The number of carbonyl (C=O) groups excluding carboxylic acids is 1. The van der Waals surface area contributed by atoms with Crippen molar-refractivity contribution in [3.63, 3.8) is 0 Å². The van der Waals surface area contributed by atoms with Gasteiger partial charge in [0.05, 0.1) is 13.7 Å². The summed E-state index contributed by atoms with van der Waals surface area (Å²) in [5, 5.41) is 0. The van der Waals surface area contributed by atoms with Crippen LogP contribution in [0.5, 0.6) is 11.5 Å². The minimum absolute atomic E-state index is 0.268. The van der Waals surface area contributed by atoms with Crippen LogP contribution in [0.2, 0.25) is 0 Å². The highest BCUT2D eigenvalue weighted by molar-refractivity contribution is 5.76. The fraction of sp³-hybridized carbons (Fsp3) is 0.480. The Morgan fingerprint density at radius 2 is 1.76 bits per heavy atom. The van der Waals surface area contributed by atoms with Gasteiger partial charge in [-0.1, -0.05) is 30.3 Å². The van der Waals surface area contributed by atoms with E-state index in [0.29, 0.717) is 18.9 Å². The summed E-state index contributed by atoms with van der Waals surface area (Å²) in [4.78, 5) is 14.7. The zero-order valence-electron chi connectivity index (χ0n) is 17.7. The highest BCUT2D eigenvalue weighted by Crippen LogP contribution is 2.25. The number of benzene rings is 2. The molecule has 0 radical (unpaired) electrons. The lowest BCUT2D eigenvalue weighted by Gasteiger charge is -2.32. The number of likely N-dealkylation sites (tertiary alicyclic amines) is 1. The largest absolute Gasteiger partial charge is 0.497 e. The molecule has 1 aliphatic heterocycles. The first kappa shape index (κ1) is 21.2. The third-order valence-electron chi connectivity index (χ3n) is 5.85. The van der Waals surface area contributed by atoms with Crippen LogP contribution >= 0.6 is 0 Å². The molecule has 1 aliphatic rings. The van der Waals surface area contributed by atoms with Gasteiger partial charge in [-0.15, -0.1) is 0 Å². The van der Waals surface area contributed by atoms with Gasteiger partial charge >= 0.3 is 0 Å². The van der Waals surface area contributed by atoms with E-state index in [9.17, 15) is 4.79 Å². The van der Waals surface area contributed by atoms with Crippen molar-refractivity contribution >= 4 is 5.91 Å². The normalized spacial score (nSPS) is 14.6. The zero-order chi connectivity index (χ0) is 20.5. The number of ether oxygens (including phenoxy) is 2. The average molecular weight is 396 g/mol. The van der Waals surface area contributed by atoms with Gasteiger partial charge in [0.2, 0.25) is 5.91 Å². The number of hydrogen-bond donors (Lipinski definition) is 0. The predicted molar refractivity (Wildman–Crippen MR) is 117 cm³/mol. The van der Waals surface area contributed by atoms with E-state index in [-0.39, 0.29) is 5.91 Å². The number of hydrogen-bond acceptors (Lipinski definition) is 3. The molecule has 1 heterocycles. The molecule has 0 N–H and O–H groups in total. The van der Waals surface area contributed by atoms with Crippen molar-refractivity contribution in [2.24, 2.45) is 5.92 Å². The molecule has 0 saturated carbocycles. The lowest BCUT2D eigenvalue weighted by Crippen LogP contribution is -2.38. The van der Waals surface area contributed by atoms with E-state index in [1.165, 1.54) is 12.0 Å². The molecule has 29 heavy (non-hydrogen) atoms. The second-order valence-corrected chi connectivity index (χ2v) is 7.75. The van der Waals surface area contributed by atoms with Crippen molar-refractivity contribution in [3.8, 4) is 11.5 Å². The highest BCUT2D eigenvalue weighted by atomic mass is 16.5. The molecule has 0 aromatic heterocycles. The number of piperidine rings is 1. The number of rotatable bonds is 9. The average Bonchev–Trinajstić information content (AvgIpc) is 2.78. The molecule has 0 unspecified atom stereocenters. The van der Waals surface area contributed by atoms with Crippen molar-refractivity contribution in [2.45, 2.75) is 45.4 Å². The predicted octanol–water partition coefficient (Wildman–Crippen LogP) is 4.90. The molecule has 0 spiro atoms. The Morgan fingerprint density at radius 1 is 1.03 bits per heavy atom. The number of nitrogens with zero attached hydrogens (tertiary/aromatic N) is 1. The summed E-state index contributed by atoms with van der Waals surface area (Å²) in [6.45, 7) is 4.41. The van der Waals surface area contributed by atoms with Crippen LogP contribution in [0.3, 0.4) is 0 Å². The molecule has 4 nitrogen and oxygen atoms in total. The van der Waals surface area contributed by atoms with E-state index in [1.807, 2.05) is 42.2 Å². The molecule has 1 amide bonds. The summed E-state index contributed by atoms with van der Waals surface area (Å²) in [6.07, 6.45) is 5.80. The van der Waals surface area contributed by atoms with E-state index in [1.54, 1.807) is 7.11 Å². The first-order valence-corrected chi connectivity index (χ1v) is 10.8. The lowest BCUT2D eigenvalue weighted by molar-refractivity contribution is -0.132. The molecule has 3 rings (SSSR count). The van der Waals surface area contributed by atoms with Crippen LogP contribution in [0.4, 0.5) is 0 Å². The van der Waals surface area contributed by atoms with Gasteiger partial charge in [0.15, 0.2) is 0 Å². The molecule has 2 aromatic carbocycles. The Bertz CT molecular complexity index is 764. The third-order valence-corrected chi connectivity index (χ3v) is 5.85. The molecule has 4 heteroatoms. The lowest BCUT2D eigenvalue weighted by atomic mass is 9.90. The van der Waals surface area contributed by atoms with Gasteiger partial charge in [0.1, 0.15) is 11.5 Å². The summed E-state index contributed by atoms with van der Waals surface area (Å²) < 4.78 is 10.9. The van der Waals surface area contributed by atoms with Crippen LogP contribution in [0, 0.1) is 5.92 Å². The van der Waals surface area contributed by atoms with Crippen molar-refractivity contribution < 1.29 is 14.3 Å². The monoisotopic (exact) mass is 395 g/mol. The van der Waals surface area contributed by atoms with E-state index in [2.05, 4.69) is 18.2 Å². The Labute approximate surface area is 174 Å². The standard InChI is InChI=1S/C25H33NO3/c1-3-29-24-7-5-4-6-22(24)12-15-25(27)26-18-16-21(17-19-26)9-8-20-10-13-23(28-2)14-11-20/h4-7,10-11,13-14,21H,3,8-9,12,15-19H2,1-2H3. The molecular formula is C25H33NO3. The van der Waals surface area contributed by atoms with Gasteiger partial charge in [-0.2, -0.15) is 0 Å². The molecule has 1 saturated heterocycles. The summed E-state index contributed by atoms with van der Waals surface area (Å²) in [6, 6.07) is 16.4. The van der Waals surface area contributed by atoms with Gasteiger partial charge in [0.25, 0.3) is 0 Å². The van der Waals surface area contributed by atoms with E-state index in [0.717, 1.165) is 55.8 Å². The molecule has 0 bridgehead atoms. The smallest absolute Gasteiger partial charge is 0.222 e. The van der Waals surface area contributed by atoms with Crippen molar-refractivity contribution in [3.05, 3.63) is 59.7 Å². The van der Waals surface area contributed by atoms with Crippen molar-refractivity contribution in [1.82, 2.24) is 4.90 Å². The fourth-order valence-electron chi connectivity index (χ4n) is 4.04. The van der Waals surface area contributed by atoms with Gasteiger partial charge < -0.3 is 14.4 Å². The van der Waals surface area contributed by atoms with Crippen molar-refractivity contribution in [1.29, 1.82) is 0 Å².